The summed E-state index contributed by atoms with van der Waals surface area (Å²) in [5, 5.41) is 3.31. The van der Waals surface area contributed by atoms with Gasteiger partial charge in [-0.05, 0) is 24.6 Å². The third-order valence-electron chi connectivity index (χ3n) is 3.33. The normalized spacial score (nSPS) is 12.6. The molecule has 1 aromatic heterocycles. The number of aromatic nitrogens is 2. The Bertz CT molecular complexity index is 656. The fraction of sp³-hybridized carbons (Fsp3) is 0.429. The number of imidazole rings is 1. The molecule has 0 aliphatic heterocycles. The van der Waals surface area contributed by atoms with E-state index in [9.17, 15) is 9.59 Å². The predicted octanol–water partition coefficient (Wildman–Crippen LogP) is 0.985. The van der Waals surface area contributed by atoms with Gasteiger partial charge >= 0.3 is 5.69 Å². The highest BCUT2D eigenvalue weighted by atomic mass is 16.2. The molecular weight excluding hydrogens is 256 g/mol. The maximum absolute atomic E-state index is 11.5. The molecule has 6 nitrogen and oxygen atoms in total. The Labute approximate surface area is 117 Å². The van der Waals surface area contributed by atoms with Crippen LogP contribution in [0.3, 0.4) is 0 Å². The maximum Gasteiger partial charge on any atom is 0.323 e. The number of H-pyrrole nitrogens is 2. The molecule has 2 aromatic rings. The van der Waals surface area contributed by atoms with Gasteiger partial charge in [-0.1, -0.05) is 6.07 Å². The number of aromatic amines is 2. The Kier molecular flexibility index (Phi) is 4.24. The molecular formula is C14H20N4O2. The van der Waals surface area contributed by atoms with Crippen LogP contribution >= 0.6 is 0 Å². The van der Waals surface area contributed by atoms with E-state index in [0.717, 1.165) is 16.6 Å². The number of carbonyl (C=O) groups is 1. The Morgan fingerprint density at radius 3 is 2.70 bits per heavy atom. The second kappa shape index (κ2) is 5.92. The van der Waals surface area contributed by atoms with Crippen LogP contribution in [0.5, 0.6) is 0 Å². The minimum Gasteiger partial charge on any atom is -0.349 e. The second-order valence-corrected chi connectivity index (χ2v) is 5.10. The Hall–Kier alpha value is -2.08. The first kappa shape index (κ1) is 14.3. The highest BCUT2D eigenvalue weighted by Crippen LogP contribution is 2.16. The van der Waals surface area contributed by atoms with E-state index in [1.807, 2.05) is 25.1 Å². The summed E-state index contributed by atoms with van der Waals surface area (Å²) in [7, 11) is 3.50. The first-order chi connectivity index (χ1) is 9.47. The quantitative estimate of drug-likeness (QED) is 0.761. The van der Waals surface area contributed by atoms with E-state index < -0.39 is 0 Å². The van der Waals surface area contributed by atoms with E-state index in [1.54, 1.807) is 19.0 Å². The fourth-order valence-electron chi connectivity index (χ4n) is 2.06. The van der Waals surface area contributed by atoms with Gasteiger partial charge in [-0.2, -0.15) is 0 Å². The lowest BCUT2D eigenvalue weighted by Crippen LogP contribution is -2.28. The van der Waals surface area contributed by atoms with E-state index >= 15 is 0 Å². The summed E-state index contributed by atoms with van der Waals surface area (Å²) >= 11 is 0. The van der Waals surface area contributed by atoms with Crippen molar-refractivity contribution in [2.24, 2.45) is 0 Å². The Morgan fingerprint density at radius 1 is 1.30 bits per heavy atom. The van der Waals surface area contributed by atoms with Crippen molar-refractivity contribution in [2.45, 2.75) is 19.4 Å². The molecule has 0 radical (unpaired) electrons. The minimum absolute atomic E-state index is 0.107. The summed E-state index contributed by atoms with van der Waals surface area (Å²) in [6.45, 7) is 2.66. The van der Waals surface area contributed by atoms with Crippen molar-refractivity contribution in [3.8, 4) is 0 Å². The van der Waals surface area contributed by atoms with Crippen LogP contribution in [0.15, 0.2) is 23.0 Å². The van der Waals surface area contributed by atoms with E-state index in [2.05, 4.69) is 15.3 Å². The number of nitrogens with one attached hydrogen (secondary N) is 3. The van der Waals surface area contributed by atoms with Crippen LogP contribution in [0.2, 0.25) is 0 Å². The van der Waals surface area contributed by atoms with Crippen molar-refractivity contribution in [3.05, 3.63) is 34.2 Å². The monoisotopic (exact) mass is 276 g/mol. The third-order valence-corrected chi connectivity index (χ3v) is 3.33. The van der Waals surface area contributed by atoms with Crippen LogP contribution in [0.1, 0.15) is 24.9 Å². The topological polar surface area (TPSA) is 81.0 Å². The lowest BCUT2D eigenvalue weighted by molar-refractivity contribution is -0.128. The zero-order valence-electron chi connectivity index (χ0n) is 12.0. The molecule has 1 aromatic carbocycles. The molecule has 20 heavy (non-hydrogen) atoms. The summed E-state index contributed by atoms with van der Waals surface area (Å²) in [5.74, 6) is 0.107. The zero-order chi connectivity index (χ0) is 14.7. The van der Waals surface area contributed by atoms with Gasteiger partial charge in [-0.25, -0.2) is 4.79 Å². The summed E-state index contributed by atoms with van der Waals surface area (Å²) < 4.78 is 0. The molecule has 0 fully saturated rings. The van der Waals surface area contributed by atoms with Crippen LogP contribution in [0.25, 0.3) is 11.0 Å². The van der Waals surface area contributed by atoms with Gasteiger partial charge in [-0.3, -0.25) is 4.79 Å². The molecule has 1 unspecified atom stereocenters. The largest absolute Gasteiger partial charge is 0.349 e. The highest BCUT2D eigenvalue weighted by molar-refractivity contribution is 5.76. The first-order valence-electron chi connectivity index (χ1n) is 6.63. The number of hydrogen-bond donors (Lipinski definition) is 3. The van der Waals surface area contributed by atoms with Gasteiger partial charge in [0.2, 0.25) is 5.91 Å². The highest BCUT2D eigenvalue weighted by Gasteiger charge is 2.09. The molecule has 6 heteroatoms. The molecule has 0 saturated carbocycles. The lowest BCUT2D eigenvalue weighted by Gasteiger charge is -2.15. The Balaban J connectivity index is 1.98. The lowest BCUT2D eigenvalue weighted by atomic mass is 10.1. The van der Waals surface area contributed by atoms with Crippen molar-refractivity contribution < 1.29 is 4.79 Å². The van der Waals surface area contributed by atoms with Crippen molar-refractivity contribution in [2.75, 3.05) is 20.6 Å². The van der Waals surface area contributed by atoms with E-state index in [1.165, 1.54) is 0 Å². The number of hydrogen-bond acceptors (Lipinski definition) is 3. The molecule has 108 valence electrons. The van der Waals surface area contributed by atoms with Gasteiger partial charge in [0.1, 0.15) is 0 Å². The average Bonchev–Trinajstić information content (AvgIpc) is 2.77. The number of rotatable bonds is 5. The molecule has 2 rings (SSSR count). The van der Waals surface area contributed by atoms with Crippen LogP contribution in [0.4, 0.5) is 0 Å². The second-order valence-electron chi connectivity index (χ2n) is 5.10. The van der Waals surface area contributed by atoms with Crippen molar-refractivity contribution >= 4 is 16.9 Å². The van der Waals surface area contributed by atoms with Crippen LogP contribution in [-0.2, 0) is 4.79 Å². The molecule has 0 bridgehead atoms. The third kappa shape index (κ3) is 3.27. The van der Waals surface area contributed by atoms with E-state index in [0.29, 0.717) is 13.0 Å². The molecule has 0 aliphatic rings. The van der Waals surface area contributed by atoms with Crippen LogP contribution < -0.4 is 11.0 Å². The number of benzene rings is 1. The molecule has 1 amide bonds. The SMILES string of the molecule is CC(NCCC(=O)N(C)C)c1ccc2[nH]c(=O)[nH]c2c1. The number of amides is 1. The van der Waals surface area contributed by atoms with Gasteiger partial charge in [0.05, 0.1) is 11.0 Å². The first-order valence-corrected chi connectivity index (χ1v) is 6.63. The molecule has 0 aliphatic carbocycles. The smallest absolute Gasteiger partial charge is 0.323 e. The predicted molar refractivity (Wildman–Crippen MR) is 78.6 cm³/mol. The van der Waals surface area contributed by atoms with Gasteiger partial charge in [0.25, 0.3) is 0 Å². The summed E-state index contributed by atoms with van der Waals surface area (Å²) in [5.41, 5.74) is 2.47. The molecule has 3 N–H and O–H groups in total. The van der Waals surface area contributed by atoms with Gasteiger partial charge in [0, 0.05) is 33.1 Å². The van der Waals surface area contributed by atoms with E-state index in [-0.39, 0.29) is 17.6 Å². The fourth-order valence-corrected chi connectivity index (χ4v) is 2.06. The molecule has 0 spiro atoms. The van der Waals surface area contributed by atoms with Crippen LogP contribution in [0, 0.1) is 0 Å². The number of carbonyl (C=O) groups excluding carboxylic acids is 1. The van der Waals surface area contributed by atoms with Crippen molar-refractivity contribution in [1.29, 1.82) is 0 Å². The maximum atomic E-state index is 11.5. The standard InChI is InChI=1S/C14H20N4O2/c1-9(15-7-6-13(19)18(2)3)10-4-5-11-12(8-10)17-14(20)16-11/h4-5,8-9,15H,6-7H2,1-3H3,(H2,16,17,20). The van der Waals surface area contributed by atoms with E-state index in [4.69, 9.17) is 0 Å². The minimum atomic E-state index is -0.200. The van der Waals surface area contributed by atoms with Gasteiger partial charge in [-0.15, -0.1) is 0 Å². The number of fused-ring (bicyclic) bond motifs is 1. The molecule has 1 atom stereocenters. The van der Waals surface area contributed by atoms with Gasteiger partial charge < -0.3 is 20.2 Å². The van der Waals surface area contributed by atoms with Crippen LogP contribution in [-0.4, -0.2) is 41.4 Å². The summed E-state index contributed by atoms with van der Waals surface area (Å²) in [6.07, 6.45) is 0.473. The summed E-state index contributed by atoms with van der Waals surface area (Å²) in [6, 6.07) is 5.91. The van der Waals surface area contributed by atoms with Crippen molar-refractivity contribution in [3.63, 3.8) is 0 Å². The van der Waals surface area contributed by atoms with Gasteiger partial charge in [0.15, 0.2) is 0 Å². The number of nitrogens with zero attached hydrogens (tertiary/aromatic N) is 1. The summed E-state index contributed by atoms with van der Waals surface area (Å²) in [4.78, 5) is 29.7. The molecule has 1 heterocycles. The Morgan fingerprint density at radius 2 is 2.00 bits per heavy atom. The average molecular weight is 276 g/mol. The zero-order valence-corrected chi connectivity index (χ0v) is 12.0. The molecule has 0 saturated heterocycles. The van der Waals surface area contributed by atoms with Crippen molar-refractivity contribution in [1.82, 2.24) is 20.2 Å².